The summed E-state index contributed by atoms with van der Waals surface area (Å²) in [5, 5.41) is 1.81. The Hall–Kier alpha value is -2.46. The van der Waals surface area contributed by atoms with Gasteiger partial charge >= 0.3 is 0 Å². The summed E-state index contributed by atoms with van der Waals surface area (Å²) in [7, 11) is 1.60. The van der Waals surface area contributed by atoms with E-state index in [4.69, 9.17) is 16.3 Å². The maximum absolute atomic E-state index is 12.8. The number of fused-ring (bicyclic) bond motifs is 3. The largest absolute Gasteiger partial charge is 0.497 e. The molecule has 122 valence electrons. The van der Waals surface area contributed by atoms with E-state index < -0.39 is 0 Å². The van der Waals surface area contributed by atoms with E-state index in [1.807, 2.05) is 41.3 Å². The number of hydrogen-bond acceptors (Lipinski definition) is 2. The second-order valence-electron chi connectivity index (χ2n) is 5.98. The molecule has 24 heavy (non-hydrogen) atoms. The Morgan fingerprint density at radius 3 is 2.96 bits per heavy atom. The third-order valence-electron chi connectivity index (χ3n) is 4.54. The molecule has 0 fully saturated rings. The van der Waals surface area contributed by atoms with Crippen LogP contribution in [0.5, 0.6) is 5.75 Å². The van der Waals surface area contributed by atoms with Gasteiger partial charge in [0, 0.05) is 52.3 Å². The number of hydrogen-bond donors (Lipinski definition) is 1. The molecule has 1 N–H and O–H groups in total. The van der Waals surface area contributed by atoms with Gasteiger partial charge in [0.05, 0.1) is 7.11 Å². The zero-order chi connectivity index (χ0) is 16.7. The number of rotatable bonds is 2. The van der Waals surface area contributed by atoms with Crippen LogP contribution in [-0.4, -0.2) is 29.4 Å². The van der Waals surface area contributed by atoms with E-state index in [2.05, 4.69) is 4.98 Å². The van der Waals surface area contributed by atoms with Crippen molar-refractivity contribution in [2.24, 2.45) is 0 Å². The highest BCUT2D eigenvalue weighted by Gasteiger charge is 2.25. The molecule has 2 heterocycles. The second-order valence-corrected chi connectivity index (χ2v) is 6.42. The number of H-pyrrole nitrogens is 1. The first-order valence-corrected chi connectivity index (χ1v) is 8.26. The highest BCUT2D eigenvalue weighted by Crippen LogP contribution is 2.30. The van der Waals surface area contributed by atoms with Crippen molar-refractivity contribution in [3.05, 3.63) is 64.3 Å². The SMILES string of the molecule is COc1cccc(C(=O)N2CCc3[nH]c4ccc(Cl)cc4c3C2)c1. The van der Waals surface area contributed by atoms with Gasteiger partial charge in [-0.3, -0.25) is 4.79 Å². The molecular formula is C19H17ClN2O2. The van der Waals surface area contributed by atoms with Crippen molar-refractivity contribution in [2.45, 2.75) is 13.0 Å². The van der Waals surface area contributed by atoms with Gasteiger partial charge in [-0.1, -0.05) is 17.7 Å². The third kappa shape index (κ3) is 2.53. The lowest BCUT2D eigenvalue weighted by atomic mass is 10.0. The summed E-state index contributed by atoms with van der Waals surface area (Å²) >= 11 is 6.14. The Morgan fingerprint density at radius 2 is 2.12 bits per heavy atom. The summed E-state index contributed by atoms with van der Waals surface area (Å²) in [6.45, 7) is 1.29. The van der Waals surface area contributed by atoms with Crippen LogP contribution in [-0.2, 0) is 13.0 Å². The van der Waals surface area contributed by atoms with Crippen molar-refractivity contribution in [3.8, 4) is 5.75 Å². The fourth-order valence-electron chi connectivity index (χ4n) is 3.30. The van der Waals surface area contributed by atoms with Gasteiger partial charge < -0.3 is 14.6 Å². The van der Waals surface area contributed by atoms with Crippen molar-refractivity contribution >= 4 is 28.4 Å². The van der Waals surface area contributed by atoms with Gasteiger partial charge in [-0.05, 0) is 36.4 Å². The van der Waals surface area contributed by atoms with Crippen LogP contribution >= 0.6 is 11.6 Å². The van der Waals surface area contributed by atoms with Crippen LogP contribution < -0.4 is 4.74 Å². The molecule has 1 amide bonds. The number of ether oxygens (including phenoxy) is 1. The molecule has 1 aliphatic heterocycles. The number of halogens is 1. The molecule has 0 aliphatic carbocycles. The summed E-state index contributed by atoms with van der Waals surface area (Å²) in [5.41, 5.74) is 4.08. The minimum absolute atomic E-state index is 0.0240. The van der Waals surface area contributed by atoms with E-state index in [1.165, 1.54) is 5.69 Å². The molecule has 4 rings (SSSR count). The lowest BCUT2D eigenvalue weighted by Crippen LogP contribution is -2.35. The summed E-state index contributed by atoms with van der Waals surface area (Å²) in [4.78, 5) is 18.2. The monoisotopic (exact) mass is 340 g/mol. The van der Waals surface area contributed by atoms with Gasteiger partial charge in [0.2, 0.25) is 0 Å². The molecule has 0 atom stereocenters. The fourth-order valence-corrected chi connectivity index (χ4v) is 3.47. The van der Waals surface area contributed by atoms with E-state index in [0.29, 0.717) is 29.4 Å². The molecule has 1 aliphatic rings. The summed E-state index contributed by atoms with van der Waals surface area (Å²) < 4.78 is 5.22. The Morgan fingerprint density at radius 1 is 1.25 bits per heavy atom. The number of carbonyl (C=O) groups is 1. The molecule has 0 saturated carbocycles. The highest BCUT2D eigenvalue weighted by molar-refractivity contribution is 6.31. The topological polar surface area (TPSA) is 45.3 Å². The lowest BCUT2D eigenvalue weighted by molar-refractivity contribution is 0.0734. The van der Waals surface area contributed by atoms with Crippen molar-refractivity contribution in [3.63, 3.8) is 0 Å². The van der Waals surface area contributed by atoms with E-state index in [9.17, 15) is 4.79 Å². The van der Waals surface area contributed by atoms with E-state index in [0.717, 1.165) is 22.9 Å². The molecule has 0 bridgehead atoms. The van der Waals surface area contributed by atoms with Crippen molar-refractivity contribution in [1.29, 1.82) is 0 Å². The van der Waals surface area contributed by atoms with Crippen molar-refractivity contribution < 1.29 is 9.53 Å². The average Bonchev–Trinajstić information content (AvgIpc) is 2.98. The number of aromatic nitrogens is 1. The Balaban J connectivity index is 1.67. The Bertz CT molecular complexity index is 932. The number of nitrogens with one attached hydrogen (secondary N) is 1. The van der Waals surface area contributed by atoms with Crippen LogP contribution in [0.2, 0.25) is 5.02 Å². The molecule has 4 nitrogen and oxygen atoms in total. The summed E-state index contributed by atoms with van der Waals surface area (Å²) in [6.07, 6.45) is 0.817. The summed E-state index contributed by atoms with van der Waals surface area (Å²) in [6, 6.07) is 13.1. The molecule has 0 spiro atoms. The molecule has 2 aromatic carbocycles. The molecular weight excluding hydrogens is 324 g/mol. The number of aromatic amines is 1. The van der Waals surface area contributed by atoms with Crippen molar-refractivity contribution in [1.82, 2.24) is 9.88 Å². The minimum Gasteiger partial charge on any atom is -0.497 e. The number of amides is 1. The quantitative estimate of drug-likeness (QED) is 0.765. The smallest absolute Gasteiger partial charge is 0.254 e. The number of methoxy groups -OCH3 is 1. The number of benzene rings is 2. The van der Waals surface area contributed by atoms with E-state index in [-0.39, 0.29) is 5.91 Å². The average molecular weight is 341 g/mol. The van der Waals surface area contributed by atoms with Crippen LogP contribution in [0, 0.1) is 0 Å². The van der Waals surface area contributed by atoms with Gasteiger partial charge in [-0.25, -0.2) is 0 Å². The summed E-state index contributed by atoms with van der Waals surface area (Å²) in [5.74, 6) is 0.716. The zero-order valence-electron chi connectivity index (χ0n) is 13.3. The standard InChI is InChI=1S/C19H17ClN2O2/c1-24-14-4-2-3-12(9-14)19(23)22-8-7-18-16(11-22)15-10-13(20)5-6-17(15)21-18/h2-6,9-10,21H,7-8,11H2,1H3. The van der Waals surface area contributed by atoms with Crippen LogP contribution in [0.4, 0.5) is 0 Å². The molecule has 5 heteroatoms. The first kappa shape index (κ1) is 15.1. The molecule has 0 saturated heterocycles. The maximum Gasteiger partial charge on any atom is 0.254 e. The van der Waals surface area contributed by atoms with Crippen molar-refractivity contribution in [2.75, 3.05) is 13.7 Å². The van der Waals surface area contributed by atoms with Crippen LogP contribution in [0.15, 0.2) is 42.5 Å². The lowest BCUT2D eigenvalue weighted by Gasteiger charge is -2.27. The molecule has 3 aromatic rings. The number of nitrogens with zero attached hydrogens (tertiary/aromatic N) is 1. The van der Waals surface area contributed by atoms with Gasteiger partial charge in [0.1, 0.15) is 5.75 Å². The molecule has 0 radical (unpaired) electrons. The first-order valence-electron chi connectivity index (χ1n) is 7.88. The van der Waals surface area contributed by atoms with E-state index in [1.54, 1.807) is 13.2 Å². The second kappa shape index (κ2) is 5.87. The zero-order valence-corrected chi connectivity index (χ0v) is 14.1. The van der Waals surface area contributed by atoms with Crippen LogP contribution in [0.25, 0.3) is 10.9 Å². The molecule has 1 aromatic heterocycles. The normalized spacial score (nSPS) is 13.8. The maximum atomic E-state index is 12.8. The predicted octanol–water partition coefficient (Wildman–Crippen LogP) is 4.03. The molecule has 0 unspecified atom stereocenters. The van der Waals surface area contributed by atoms with Crippen LogP contribution in [0.1, 0.15) is 21.6 Å². The van der Waals surface area contributed by atoms with Gasteiger partial charge in [-0.15, -0.1) is 0 Å². The Labute approximate surface area is 145 Å². The first-order chi connectivity index (χ1) is 11.7. The van der Waals surface area contributed by atoms with Gasteiger partial charge in [0.15, 0.2) is 0 Å². The highest BCUT2D eigenvalue weighted by atomic mass is 35.5. The Kier molecular flexibility index (Phi) is 3.69. The number of carbonyl (C=O) groups excluding carboxylic acids is 1. The van der Waals surface area contributed by atoms with Crippen LogP contribution in [0.3, 0.4) is 0 Å². The fraction of sp³-hybridized carbons (Fsp3) is 0.211. The third-order valence-corrected chi connectivity index (χ3v) is 4.78. The predicted molar refractivity (Wildman–Crippen MR) is 94.7 cm³/mol. The van der Waals surface area contributed by atoms with Gasteiger partial charge in [0.25, 0.3) is 5.91 Å². The van der Waals surface area contributed by atoms with Gasteiger partial charge in [-0.2, -0.15) is 0 Å². The minimum atomic E-state index is 0.0240. The van der Waals surface area contributed by atoms with E-state index >= 15 is 0 Å².